The number of nitrogens with zero attached hydrogens (tertiary/aromatic N) is 4. The fourth-order valence-electron chi connectivity index (χ4n) is 3.20. The van der Waals surface area contributed by atoms with Crippen molar-refractivity contribution in [1.82, 2.24) is 19.5 Å². The van der Waals surface area contributed by atoms with Crippen molar-refractivity contribution in [2.45, 2.75) is 39.5 Å². The van der Waals surface area contributed by atoms with Crippen LogP contribution in [0.5, 0.6) is 0 Å². The molecule has 4 rings (SSSR count). The maximum Gasteiger partial charge on any atom is 0.303 e. The first-order chi connectivity index (χ1) is 13.5. The molecule has 28 heavy (non-hydrogen) atoms. The molecule has 0 bridgehead atoms. The molecule has 2 unspecified atom stereocenters. The number of fused-ring (bicyclic) bond motifs is 1. The monoisotopic (exact) mass is 400 g/mol. The summed E-state index contributed by atoms with van der Waals surface area (Å²) in [5, 5.41) is 0.174. The molecule has 0 aliphatic carbocycles. The lowest BCUT2D eigenvalue weighted by Crippen LogP contribution is -2.25. The molecule has 1 aliphatic heterocycles. The zero-order chi connectivity index (χ0) is 19.8. The fraction of sp³-hybridized carbons (Fsp3) is 0.368. The summed E-state index contributed by atoms with van der Waals surface area (Å²) in [5.41, 5.74) is 0.829. The van der Waals surface area contributed by atoms with E-state index in [0.717, 1.165) is 5.76 Å². The van der Waals surface area contributed by atoms with Gasteiger partial charge in [0.25, 0.3) is 0 Å². The van der Waals surface area contributed by atoms with Crippen molar-refractivity contribution in [3.05, 3.63) is 28.9 Å². The van der Waals surface area contributed by atoms with Crippen molar-refractivity contribution in [3.63, 3.8) is 0 Å². The summed E-state index contributed by atoms with van der Waals surface area (Å²) in [4.78, 5) is 24.8. The molecule has 0 aromatic carbocycles. The predicted octanol–water partition coefficient (Wildman–Crippen LogP) is 3.27. The Balaban J connectivity index is 1.97. The first kappa shape index (κ1) is 18.5. The van der Waals surface area contributed by atoms with Gasteiger partial charge in [-0.25, -0.2) is 15.0 Å². The molecule has 1 saturated heterocycles. The van der Waals surface area contributed by atoms with Crippen LogP contribution in [0.3, 0.4) is 0 Å². The Morgan fingerprint density at radius 3 is 2.86 bits per heavy atom. The van der Waals surface area contributed by atoms with E-state index >= 15 is 0 Å². The van der Waals surface area contributed by atoms with Crippen LogP contribution in [0.15, 0.2) is 16.5 Å². The van der Waals surface area contributed by atoms with Crippen LogP contribution >= 0.6 is 11.6 Å². The van der Waals surface area contributed by atoms with Gasteiger partial charge in [0.05, 0.1) is 6.61 Å². The van der Waals surface area contributed by atoms with E-state index in [4.69, 9.17) is 25.5 Å². The Bertz CT molecular complexity index is 1120. The highest BCUT2D eigenvalue weighted by atomic mass is 35.5. The zero-order valence-electron chi connectivity index (χ0n) is 15.5. The van der Waals surface area contributed by atoms with E-state index in [0.29, 0.717) is 35.8 Å². The molecule has 1 fully saturated rings. The summed E-state index contributed by atoms with van der Waals surface area (Å²) in [6.45, 7) is 5.32. The minimum atomic E-state index is -0.622. The molecular weight excluding hydrogens is 384 g/mol. The van der Waals surface area contributed by atoms with Crippen molar-refractivity contribution in [3.8, 4) is 23.4 Å². The lowest BCUT2D eigenvalue weighted by atomic mass is 10.2. The van der Waals surface area contributed by atoms with Crippen LogP contribution in [0.1, 0.15) is 38.1 Å². The third-order valence-electron chi connectivity index (χ3n) is 4.28. The van der Waals surface area contributed by atoms with Gasteiger partial charge in [-0.3, -0.25) is 9.36 Å². The number of rotatable bonds is 3. The van der Waals surface area contributed by atoms with Gasteiger partial charge >= 0.3 is 5.97 Å². The topological polar surface area (TPSA) is 92.3 Å². The number of imidazole rings is 1. The molecule has 4 heterocycles. The number of aryl methyl sites for hydroxylation is 1. The van der Waals surface area contributed by atoms with Crippen molar-refractivity contribution in [2.75, 3.05) is 6.61 Å². The van der Waals surface area contributed by atoms with Gasteiger partial charge in [-0.15, -0.1) is 0 Å². The third kappa shape index (κ3) is 3.23. The summed E-state index contributed by atoms with van der Waals surface area (Å²) in [6, 6.07) is 3.64. The molecule has 8 nitrogen and oxygen atoms in total. The minimum Gasteiger partial charge on any atom is -0.458 e. The van der Waals surface area contributed by atoms with Crippen LogP contribution in [-0.4, -0.2) is 38.2 Å². The highest BCUT2D eigenvalue weighted by Gasteiger charge is 2.37. The number of esters is 1. The first-order valence-corrected chi connectivity index (χ1v) is 9.09. The van der Waals surface area contributed by atoms with Gasteiger partial charge in [-0.05, 0) is 31.9 Å². The quantitative estimate of drug-likeness (QED) is 0.378. The number of aromatic nitrogens is 4. The highest BCUT2D eigenvalue weighted by molar-refractivity contribution is 6.33. The van der Waals surface area contributed by atoms with Gasteiger partial charge in [0.15, 0.2) is 28.6 Å². The lowest BCUT2D eigenvalue weighted by molar-refractivity contribution is -0.151. The zero-order valence-corrected chi connectivity index (χ0v) is 16.3. The van der Waals surface area contributed by atoms with Crippen molar-refractivity contribution < 1.29 is 18.7 Å². The van der Waals surface area contributed by atoms with E-state index in [1.807, 2.05) is 13.0 Å². The van der Waals surface area contributed by atoms with Crippen LogP contribution in [0.25, 0.3) is 22.7 Å². The molecule has 0 N–H and O–H groups in total. The van der Waals surface area contributed by atoms with E-state index in [9.17, 15) is 4.79 Å². The Kier molecular flexibility index (Phi) is 4.79. The Labute approximate surface area is 165 Å². The number of furan rings is 1. The van der Waals surface area contributed by atoms with Crippen molar-refractivity contribution >= 4 is 28.7 Å². The standard InChI is InChI=1S/C19H17ClN4O4/c1-4-5-14-21-16(20)15-18(22-14)24(17(23-15)12-7-6-10(2)27-12)19-13(8-9-26-19)28-11(3)25/h6-7,13,19H,8-9H2,1-3H3. The maximum absolute atomic E-state index is 11.5. The summed E-state index contributed by atoms with van der Waals surface area (Å²) in [7, 11) is 0. The second kappa shape index (κ2) is 7.26. The van der Waals surface area contributed by atoms with Crippen LogP contribution in [0.2, 0.25) is 5.15 Å². The fourth-order valence-corrected chi connectivity index (χ4v) is 3.41. The molecule has 9 heteroatoms. The Hall–Kier alpha value is -2.89. The first-order valence-electron chi connectivity index (χ1n) is 8.71. The molecule has 144 valence electrons. The smallest absolute Gasteiger partial charge is 0.303 e. The van der Waals surface area contributed by atoms with Gasteiger partial charge in [-0.2, -0.15) is 0 Å². The number of halogens is 1. The minimum absolute atomic E-state index is 0.174. The molecule has 0 spiro atoms. The average Bonchev–Trinajstić information content (AvgIpc) is 3.33. The highest BCUT2D eigenvalue weighted by Crippen LogP contribution is 2.36. The predicted molar refractivity (Wildman–Crippen MR) is 100 cm³/mol. The normalized spacial score (nSPS) is 18.9. The molecule has 3 aromatic heterocycles. The van der Waals surface area contributed by atoms with Crippen LogP contribution in [0.4, 0.5) is 0 Å². The van der Waals surface area contributed by atoms with Gasteiger partial charge < -0.3 is 13.9 Å². The van der Waals surface area contributed by atoms with Crippen LogP contribution in [0, 0.1) is 18.8 Å². The van der Waals surface area contributed by atoms with E-state index in [2.05, 4.69) is 26.8 Å². The lowest BCUT2D eigenvalue weighted by Gasteiger charge is -2.21. The number of carbonyl (C=O) groups excluding carboxylic acids is 1. The molecular formula is C19H17ClN4O4. The third-order valence-corrected chi connectivity index (χ3v) is 4.54. The number of carbonyl (C=O) groups is 1. The van der Waals surface area contributed by atoms with Crippen molar-refractivity contribution in [2.24, 2.45) is 0 Å². The molecule has 2 atom stereocenters. The van der Waals surface area contributed by atoms with Gasteiger partial charge in [-0.1, -0.05) is 17.5 Å². The summed E-state index contributed by atoms with van der Waals surface area (Å²) < 4.78 is 18.9. The van der Waals surface area contributed by atoms with E-state index < -0.39 is 12.3 Å². The number of hydrogen-bond donors (Lipinski definition) is 0. The molecule has 3 aromatic rings. The van der Waals surface area contributed by atoms with Gasteiger partial charge in [0.1, 0.15) is 17.4 Å². The summed E-state index contributed by atoms with van der Waals surface area (Å²) in [6.07, 6.45) is -0.553. The second-order valence-electron chi connectivity index (χ2n) is 6.30. The number of hydrogen-bond acceptors (Lipinski definition) is 7. The second-order valence-corrected chi connectivity index (χ2v) is 6.66. The van der Waals surface area contributed by atoms with Gasteiger partial charge in [0, 0.05) is 13.3 Å². The van der Waals surface area contributed by atoms with Crippen molar-refractivity contribution in [1.29, 1.82) is 0 Å². The Morgan fingerprint density at radius 1 is 1.36 bits per heavy atom. The van der Waals surface area contributed by atoms with Gasteiger partial charge in [0.2, 0.25) is 5.82 Å². The summed E-state index contributed by atoms with van der Waals surface area (Å²) >= 11 is 6.35. The summed E-state index contributed by atoms with van der Waals surface area (Å²) in [5.74, 6) is 7.16. The average molecular weight is 401 g/mol. The molecule has 0 amide bonds. The maximum atomic E-state index is 11.5. The van der Waals surface area contributed by atoms with Crippen LogP contribution < -0.4 is 0 Å². The SMILES string of the molecule is CC#Cc1nc(Cl)c2nc(-c3ccc(C)o3)n(C3OCCC3OC(C)=O)c2n1. The van der Waals surface area contributed by atoms with E-state index in [1.54, 1.807) is 17.6 Å². The number of ether oxygens (including phenoxy) is 2. The molecule has 0 radical (unpaired) electrons. The molecule has 1 aliphatic rings. The van der Waals surface area contributed by atoms with E-state index in [1.165, 1.54) is 6.92 Å². The Morgan fingerprint density at radius 2 is 2.18 bits per heavy atom. The molecule has 0 saturated carbocycles. The van der Waals surface area contributed by atoms with Crippen LogP contribution in [-0.2, 0) is 14.3 Å². The van der Waals surface area contributed by atoms with E-state index in [-0.39, 0.29) is 16.9 Å². The largest absolute Gasteiger partial charge is 0.458 e.